The maximum Gasteiger partial charge on any atom is 0.459 e. The zero-order valence-electron chi connectivity index (χ0n) is 18.1. The number of benzene rings is 1. The minimum atomic E-state index is -4.29. The molecule has 1 fully saturated rings. The van der Waals surface area contributed by atoms with Crippen LogP contribution in [-0.4, -0.2) is 71.8 Å². The van der Waals surface area contributed by atoms with Crippen molar-refractivity contribution in [2.75, 3.05) is 12.3 Å². The van der Waals surface area contributed by atoms with Crippen molar-refractivity contribution in [1.82, 2.24) is 24.6 Å². The second-order valence-electron chi connectivity index (χ2n) is 7.63. The molecule has 188 valence electrons. The molecule has 16 heteroatoms. The van der Waals surface area contributed by atoms with E-state index in [0.29, 0.717) is 0 Å². The highest BCUT2D eigenvalue weighted by atomic mass is 31.2. The molecule has 1 aromatic carbocycles. The summed E-state index contributed by atoms with van der Waals surface area (Å²) in [6.45, 7) is 0.667. The molecule has 0 spiro atoms. The van der Waals surface area contributed by atoms with Crippen molar-refractivity contribution in [1.29, 1.82) is 0 Å². The summed E-state index contributed by atoms with van der Waals surface area (Å²) in [6, 6.07) is 6.58. The van der Waals surface area contributed by atoms with Crippen LogP contribution in [0.3, 0.4) is 0 Å². The molecule has 1 saturated heterocycles. The smallest absolute Gasteiger partial charge is 0.459 e. The van der Waals surface area contributed by atoms with E-state index >= 15 is 0 Å². The lowest BCUT2D eigenvalue weighted by atomic mass is 10.1. The molecule has 0 aliphatic carbocycles. The Morgan fingerprint density at radius 1 is 1.31 bits per heavy atom. The molecule has 14 nitrogen and oxygen atoms in total. The number of para-hydroxylation sites is 1. The van der Waals surface area contributed by atoms with Crippen molar-refractivity contribution in [2.45, 2.75) is 37.5 Å². The number of halogens is 1. The number of carbonyl (C=O) groups is 1. The van der Waals surface area contributed by atoms with Crippen LogP contribution in [0, 0.1) is 6.08 Å². The quantitative estimate of drug-likeness (QED) is 0.195. The van der Waals surface area contributed by atoms with Crippen molar-refractivity contribution < 1.29 is 42.9 Å². The summed E-state index contributed by atoms with van der Waals surface area (Å²) in [4.78, 5) is 22.2. The molecule has 0 amide bonds. The summed E-state index contributed by atoms with van der Waals surface area (Å²) in [5.41, 5.74) is 5.62. The number of carboxylic acid groups (broad SMARTS) is 1. The Kier molecular flexibility index (Phi) is 6.98. The molecular formula is C19H22FN6O8P. The number of fused-ring (bicyclic) bond motifs is 1. The van der Waals surface area contributed by atoms with E-state index in [1.165, 1.54) is 25.4 Å². The van der Waals surface area contributed by atoms with Gasteiger partial charge in [-0.15, -0.1) is 0 Å². The average molecular weight is 512 g/mol. The average Bonchev–Trinajstić information content (AvgIpc) is 3.34. The molecule has 6 N–H and O–H groups in total. The number of hydrogen-bond acceptors (Lipinski definition) is 11. The van der Waals surface area contributed by atoms with E-state index in [2.05, 4.69) is 20.0 Å². The van der Waals surface area contributed by atoms with Crippen LogP contribution in [-0.2, 0) is 18.6 Å². The monoisotopic (exact) mass is 512 g/mol. The zero-order valence-corrected chi connectivity index (χ0v) is 19.0. The Labute approximate surface area is 197 Å². The number of nitrogens with zero attached hydrogens (tertiary/aromatic N) is 4. The van der Waals surface area contributed by atoms with E-state index in [4.69, 9.17) is 19.5 Å². The largest absolute Gasteiger partial charge is 0.480 e. The SMILES string of the molecule is C[C@H](NP(=O)(OC[C@H]1O[C@@H](n2cnc3c(N)nc(F)nc32)[C@@H](O)[C@@H]1O)Oc1ccccc1)C(=O)O. The second-order valence-corrected chi connectivity index (χ2v) is 9.33. The molecule has 0 saturated carbocycles. The maximum atomic E-state index is 13.7. The number of imidazole rings is 1. The molecule has 3 aromatic rings. The van der Waals surface area contributed by atoms with Crippen LogP contribution in [0.15, 0.2) is 36.7 Å². The van der Waals surface area contributed by atoms with E-state index in [1.807, 2.05) is 0 Å². The number of aliphatic hydroxyl groups excluding tert-OH is 2. The summed E-state index contributed by atoms with van der Waals surface area (Å²) in [7, 11) is -4.29. The number of carboxylic acids is 1. The van der Waals surface area contributed by atoms with Crippen molar-refractivity contribution in [2.24, 2.45) is 0 Å². The third kappa shape index (κ3) is 5.24. The van der Waals surface area contributed by atoms with Crippen molar-refractivity contribution in [3.05, 3.63) is 42.7 Å². The molecule has 0 radical (unpaired) electrons. The number of anilines is 1. The van der Waals surface area contributed by atoms with Gasteiger partial charge in [0.05, 0.1) is 12.9 Å². The lowest BCUT2D eigenvalue weighted by Gasteiger charge is -2.24. The van der Waals surface area contributed by atoms with Gasteiger partial charge in [0.15, 0.2) is 23.2 Å². The normalized spacial score (nSPS) is 24.8. The maximum absolute atomic E-state index is 13.7. The standard InChI is InChI=1S/C19H22FN6O8P/c1-9(18(29)30)25-35(31,34-10-5-3-2-4-6-10)32-7-11-13(27)14(28)17(33-11)26-8-22-12-15(21)23-19(20)24-16(12)26/h2-6,8-9,11,13-14,17,27-28H,7H2,1H3,(H,25,31)(H,29,30)(H2,21,23,24)/t9-,11+,13+,14-,17+,35?/m0/s1. The zero-order chi connectivity index (χ0) is 25.3. The van der Waals surface area contributed by atoms with Gasteiger partial charge in [-0.25, -0.2) is 9.55 Å². The topological polar surface area (TPSA) is 204 Å². The number of rotatable bonds is 9. The number of hydrogen-bond donors (Lipinski definition) is 5. The van der Waals surface area contributed by atoms with Crippen LogP contribution in [0.1, 0.15) is 13.2 Å². The summed E-state index contributed by atoms with van der Waals surface area (Å²) in [6.07, 6.45) is -5.55. The fourth-order valence-electron chi connectivity index (χ4n) is 3.37. The molecule has 3 heterocycles. The second kappa shape index (κ2) is 9.81. The Morgan fingerprint density at radius 3 is 2.71 bits per heavy atom. The predicted molar refractivity (Wildman–Crippen MR) is 116 cm³/mol. The number of nitrogens with two attached hydrogens (primary N) is 1. The minimum Gasteiger partial charge on any atom is -0.480 e. The Morgan fingerprint density at radius 2 is 2.03 bits per heavy atom. The fraction of sp³-hybridized carbons (Fsp3) is 0.368. The fourth-order valence-corrected chi connectivity index (χ4v) is 4.87. The highest BCUT2D eigenvalue weighted by Crippen LogP contribution is 2.46. The summed E-state index contributed by atoms with van der Waals surface area (Å²) in [5.74, 6) is -1.40. The van der Waals surface area contributed by atoms with Crippen LogP contribution in [0.2, 0.25) is 0 Å². The molecule has 1 aliphatic heterocycles. The van der Waals surface area contributed by atoms with Crippen molar-refractivity contribution in [3.63, 3.8) is 0 Å². The number of aliphatic carboxylic acids is 1. The first kappa shape index (κ1) is 24.9. The third-order valence-corrected chi connectivity index (χ3v) is 6.78. The Hall–Kier alpha value is -3.20. The summed E-state index contributed by atoms with van der Waals surface area (Å²) in [5, 5.41) is 32.5. The summed E-state index contributed by atoms with van der Waals surface area (Å²) < 4.78 is 44.6. The number of ether oxygens (including phenoxy) is 1. The van der Waals surface area contributed by atoms with Gasteiger partial charge in [0.25, 0.3) is 0 Å². The van der Waals surface area contributed by atoms with Gasteiger partial charge in [0.2, 0.25) is 0 Å². The number of nitrogen functional groups attached to an aromatic ring is 1. The molecule has 1 aliphatic rings. The molecular weight excluding hydrogens is 490 g/mol. The molecule has 4 rings (SSSR count). The third-order valence-electron chi connectivity index (χ3n) is 5.13. The van der Waals surface area contributed by atoms with Gasteiger partial charge in [0.1, 0.15) is 30.1 Å². The van der Waals surface area contributed by atoms with E-state index in [1.54, 1.807) is 18.2 Å². The lowest BCUT2D eigenvalue weighted by molar-refractivity contribution is -0.138. The number of nitrogens with one attached hydrogen (secondary N) is 1. The van der Waals surface area contributed by atoms with E-state index < -0.39 is 57.0 Å². The van der Waals surface area contributed by atoms with E-state index in [9.17, 15) is 29.1 Å². The van der Waals surface area contributed by atoms with Gasteiger partial charge in [0, 0.05) is 0 Å². The van der Waals surface area contributed by atoms with E-state index in [0.717, 1.165) is 4.57 Å². The van der Waals surface area contributed by atoms with Crippen molar-refractivity contribution >= 4 is 30.7 Å². The van der Waals surface area contributed by atoms with Crippen LogP contribution < -0.4 is 15.3 Å². The first-order valence-corrected chi connectivity index (χ1v) is 11.8. The van der Waals surface area contributed by atoms with Crippen LogP contribution in [0.25, 0.3) is 11.2 Å². The predicted octanol–water partition coefficient (Wildman–Crippen LogP) is 0.433. The van der Waals surface area contributed by atoms with Gasteiger partial charge in [-0.2, -0.15) is 19.4 Å². The molecule has 35 heavy (non-hydrogen) atoms. The van der Waals surface area contributed by atoms with Crippen LogP contribution in [0.4, 0.5) is 10.2 Å². The molecule has 1 unspecified atom stereocenters. The van der Waals surface area contributed by atoms with E-state index in [-0.39, 0.29) is 22.7 Å². The Bertz CT molecular complexity index is 1260. The van der Waals surface area contributed by atoms with Gasteiger partial charge in [-0.1, -0.05) is 18.2 Å². The highest BCUT2D eigenvalue weighted by molar-refractivity contribution is 7.52. The lowest BCUT2D eigenvalue weighted by Crippen LogP contribution is -2.36. The Balaban J connectivity index is 1.53. The first-order chi connectivity index (χ1) is 16.6. The van der Waals surface area contributed by atoms with Crippen LogP contribution >= 0.6 is 7.75 Å². The highest BCUT2D eigenvalue weighted by Gasteiger charge is 2.46. The first-order valence-electron chi connectivity index (χ1n) is 10.2. The van der Waals surface area contributed by atoms with Gasteiger partial charge in [-0.05, 0) is 19.1 Å². The molecule has 0 bridgehead atoms. The number of aliphatic hydroxyl groups is 2. The number of aromatic nitrogens is 4. The van der Waals surface area contributed by atoms with Gasteiger partial charge in [-0.3, -0.25) is 13.9 Å². The van der Waals surface area contributed by atoms with Gasteiger partial charge >= 0.3 is 19.8 Å². The minimum absolute atomic E-state index is 0.0593. The summed E-state index contributed by atoms with van der Waals surface area (Å²) >= 11 is 0. The van der Waals surface area contributed by atoms with Crippen molar-refractivity contribution in [3.8, 4) is 5.75 Å². The molecule has 6 atom stereocenters. The van der Waals surface area contributed by atoms with Crippen LogP contribution in [0.5, 0.6) is 5.75 Å². The van der Waals surface area contributed by atoms with Gasteiger partial charge < -0.3 is 30.3 Å². The molecule has 2 aromatic heterocycles.